The highest BCUT2D eigenvalue weighted by atomic mass is 32.1. The first-order valence-electron chi connectivity index (χ1n) is 5.08. The summed E-state index contributed by atoms with van der Waals surface area (Å²) in [4.78, 5) is 16.2. The predicted molar refractivity (Wildman–Crippen MR) is 66.1 cm³/mol. The molecule has 4 nitrogen and oxygen atoms in total. The van der Waals surface area contributed by atoms with Crippen LogP contribution in [0.3, 0.4) is 0 Å². The van der Waals surface area contributed by atoms with E-state index in [1.54, 1.807) is 12.4 Å². The molecule has 0 aromatic carbocycles. The molecule has 1 aliphatic carbocycles. The maximum atomic E-state index is 11.9. The second kappa shape index (κ2) is 3.83. The van der Waals surface area contributed by atoms with E-state index in [1.807, 2.05) is 13.0 Å². The molecule has 0 spiro atoms. The molecule has 1 heterocycles. The van der Waals surface area contributed by atoms with Gasteiger partial charge in [-0.2, -0.15) is 0 Å². The Balaban J connectivity index is 2.11. The predicted octanol–water partition coefficient (Wildman–Crippen LogP) is 1.39. The summed E-state index contributed by atoms with van der Waals surface area (Å²) in [6.07, 6.45) is 4.83. The van der Waals surface area contributed by atoms with Gasteiger partial charge in [0, 0.05) is 6.20 Å². The fourth-order valence-corrected chi connectivity index (χ4v) is 1.88. The van der Waals surface area contributed by atoms with Crippen molar-refractivity contribution in [3.8, 4) is 0 Å². The molecule has 0 bridgehead atoms. The molecule has 1 aromatic rings. The maximum Gasteiger partial charge on any atom is 0.237 e. The molecule has 0 atom stereocenters. The van der Waals surface area contributed by atoms with Gasteiger partial charge in [0.25, 0.3) is 0 Å². The van der Waals surface area contributed by atoms with E-state index in [-0.39, 0.29) is 10.9 Å². The number of rotatable bonds is 3. The summed E-state index contributed by atoms with van der Waals surface area (Å²) < 4.78 is 0. The van der Waals surface area contributed by atoms with Crippen LogP contribution in [0.4, 0.5) is 5.69 Å². The number of thiocarbonyl (C=S) groups is 1. The van der Waals surface area contributed by atoms with Gasteiger partial charge in [0.1, 0.15) is 0 Å². The molecule has 1 fully saturated rings. The Labute approximate surface area is 99.2 Å². The molecule has 0 radical (unpaired) electrons. The molecular formula is C11H13N3OS. The lowest BCUT2D eigenvalue weighted by Gasteiger charge is -2.13. The quantitative estimate of drug-likeness (QED) is 0.777. The number of carbonyl (C=O) groups excluding carboxylic acids is 1. The van der Waals surface area contributed by atoms with Crippen molar-refractivity contribution >= 4 is 28.8 Å². The number of hydrogen-bond acceptors (Lipinski definition) is 3. The molecule has 16 heavy (non-hydrogen) atoms. The lowest BCUT2D eigenvalue weighted by molar-refractivity contribution is -0.118. The summed E-state index contributed by atoms with van der Waals surface area (Å²) in [6.45, 7) is 1.92. The van der Waals surface area contributed by atoms with Crippen LogP contribution in [0, 0.1) is 12.3 Å². The fourth-order valence-electron chi connectivity index (χ4n) is 1.58. The fraction of sp³-hybridized carbons (Fsp3) is 0.364. The number of aryl methyl sites for hydroxylation is 1. The van der Waals surface area contributed by atoms with E-state index in [0.717, 1.165) is 18.4 Å². The number of carbonyl (C=O) groups is 1. The summed E-state index contributed by atoms with van der Waals surface area (Å²) in [7, 11) is 0. The normalized spacial score (nSPS) is 16.6. The molecule has 0 unspecified atom stereocenters. The zero-order valence-corrected chi connectivity index (χ0v) is 9.80. The third-order valence-corrected chi connectivity index (χ3v) is 3.18. The minimum Gasteiger partial charge on any atom is -0.392 e. The van der Waals surface area contributed by atoms with Crippen molar-refractivity contribution < 1.29 is 4.79 Å². The molecule has 0 aliphatic heterocycles. The third kappa shape index (κ3) is 1.90. The molecule has 84 valence electrons. The standard InChI is InChI=1S/C11H13N3OS/c1-7-4-8(6-13-5-7)14-10(15)11(2-3-11)9(12)16/h4-6H,2-3H2,1H3,(H2,12,16)(H,14,15). The van der Waals surface area contributed by atoms with Crippen LogP contribution < -0.4 is 11.1 Å². The first kappa shape index (κ1) is 11.0. The highest BCUT2D eigenvalue weighted by Crippen LogP contribution is 2.46. The van der Waals surface area contributed by atoms with Gasteiger partial charge >= 0.3 is 0 Å². The molecule has 1 aliphatic rings. The van der Waals surface area contributed by atoms with Crippen LogP contribution >= 0.6 is 12.2 Å². The molecule has 1 amide bonds. The molecule has 1 aromatic heterocycles. The van der Waals surface area contributed by atoms with E-state index in [1.165, 1.54) is 0 Å². The summed E-state index contributed by atoms with van der Waals surface area (Å²) in [6, 6.07) is 1.86. The summed E-state index contributed by atoms with van der Waals surface area (Å²) >= 11 is 4.91. The number of anilines is 1. The minimum absolute atomic E-state index is 0.118. The van der Waals surface area contributed by atoms with Gasteiger partial charge in [0.2, 0.25) is 5.91 Å². The number of nitrogens with zero attached hydrogens (tertiary/aromatic N) is 1. The van der Waals surface area contributed by atoms with Crippen molar-refractivity contribution in [1.82, 2.24) is 4.98 Å². The average molecular weight is 235 g/mol. The van der Waals surface area contributed by atoms with Crippen molar-refractivity contribution in [3.63, 3.8) is 0 Å². The number of nitrogens with two attached hydrogens (primary N) is 1. The van der Waals surface area contributed by atoms with Crippen LogP contribution in [0.15, 0.2) is 18.5 Å². The molecular weight excluding hydrogens is 222 g/mol. The molecule has 0 saturated heterocycles. The molecule has 5 heteroatoms. The van der Waals surface area contributed by atoms with Crippen LogP contribution in [0.1, 0.15) is 18.4 Å². The zero-order valence-electron chi connectivity index (χ0n) is 8.99. The second-order valence-corrected chi connectivity index (χ2v) is 4.59. The topological polar surface area (TPSA) is 68.0 Å². The van der Waals surface area contributed by atoms with Crippen LogP contribution in [0.25, 0.3) is 0 Å². The van der Waals surface area contributed by atoms with E-state index in [0.29, 0.717) is 5.69 Å². The molecule has 1 saturated carbocycles. The Morgan fingerprint density at radius 3 is 2.75 bits per heavy atom. The summed E-state index contributed by atoms with van der Waals surface area (Å²) in [5, 5.41) is 2.80. The third-order valence-electron chi connectivity index (χ3n) is 2.79. The summed E-state index contributed by atoms with van der Waals surface area (Å²) in [5.74, 6) is -0.118. The highest BCUT2D eigenvalue weighted by Gasteiger charge is 2.52. The van der Waals surface area contributed by atoms with Gasteiger partial charge in [0.15, 0.2) is 0 Å². The monoisotopic (exact) mass is 235 g/mol. The van der Waals surface area contributed by atoms with E-state index in [4.69, 9.17) is 18.0 Å². The van der Waals surface area contributed by atoms with E-state index >= 15 is 0 Å². The van der Waals surface area contributed by atoms with E-state index in [2.05, 4.69) is 10.3 Å². The number of hydrogen-bond donors (Lipinski definition) is 2. The van der Waals surface area contributed by atoms with Crippen LogP contribution in [-0.4, -0.2) is 15.9 Å². The second-order valence-electron chi connectivity index (χ2n) is 4.15. The Hall–Kier alpha value is -1.49. The maximum absolute atomic E-state index is 11.9. The smallest absolute Gasteiger partial charge is 0.237 e. The minimum atomic E-state index is -0.612. The van der Waals surface area contributed by atoms with Crippen molar-refractivity contribution in [3.05, 3.63) is 24.0 Å². The SMILES string of the molecule is Cc1cncc(NC(=O)C2(C(N)=S)CC2)c1. The first-order chi connectivity index (χ1) is 7.54. The van der Waals surface area contributed by atoms with Gasteiger partial charge in [-0.1, -0.05) is 12.2 Å². The number of aromatic nitrogens is 1. The van der Waals surface area contributed by atoms with Crippen molar-refractivity contribution in [2.45, 2.75) is 19.8 Å². The molecule has 3 N–H and O–H groups in total. The summed E-state index contributed by atoms with van der Waals surface area (Å²) in [5.41, 5.74) is 6.65. The molecule has 2 rings (SSSR count). The average Bonchev–Trinajstić information content (AvgIpc) is 2.97. The number of amides is 1. The highest BCUT2D eigenvalue weighted by molar-refractivity contribution is 7.80. The Morgan fingerprint density at radius 1 is 1.56 bits per heavy atom. The Kier molecular flexibility index (Phi) is 2.63. The van der Waals surface area contributed by atoms with E-state index in [9.17, 15) is 4.79 Å². The Bertz CT molecular complexity index is 454. The zero-order chi connectivity index (χ0) is 11.8. The number of nitrogens with one attached hydrogen (secondary N) is 1. The van der Waals surface area contributed by atoms with Crippen LogP contribution in [0.5, 0.6) is 0 Å². The lowest BCUT2D eigenvalue weighted by Crippen LogP contribution is -2.35. The van der Waals surface area contributed by atoms with Crippen LogP contribution in [0.2, 0.25) is 0 Å². The van der Waals surface area contributed by atoms with Gasteiger partial charge in [-0.05, 0) is 31.4 Å². The lowest BCUT2D eigenvalue weighted by atomic mass is 10.1. The van der Waals surface area contributed by atoms with Gasteiger partial charge in [-0.3, -0.25) is 9.78 Å². The van der Waals surface area contributed by atoms with Crippen molar-refractivity contribution in [2.75, 3.05) is 5.32 Å². The Morgan fingerprint density at radius 2 is 2.25 bits per heavy atom. The van der Waals surface area contributed by atoms with Gasteiger partial charge in [0.05, 0.1) is 22.3 Å². The first-order valence-corrected chi connectivity index (χ1v) is 5.48. The largest absolute Gasteiger partial charge is 0.392 e. The van der Waals surface area contributed by atoms with Gasteiger partial charge < -0.3 is 11.1 Å². The van der Waals surface area contributed by atoms with Crippen LogP contribution in [-0.2, 0) is 4.79 Å². The van der Waals surface area contributed by atoms with Crippen molar-refractivity contribution in [2.24, 2.45) is 11.1 Å². The van der Waals surface area contributed by atoms with E-state index < -0.39 is 5.41 Å². The van der Waals surface area contributed by atoms with Gasteiger partial charge in [-0.15, -0.1) is 0 Å². The van der Waals surface area contributed by atoms with Crippen molar-refractivity contribution in [1.29, 1.82) is 0 Å². The van der Waals surface area contributed by atoms with Gasteiger partial charge in [-0.25, -0.2) is 0 Å². The number of pyridine rings is 1.